The molecule has 2 bridgehead atoms. The van der Waals surface area contributed by atoms with Crippen molar-refractivity contribution in [1.29, 1.82) is 0 Å². The molecule has 0 aliphatic carbocycles. The van der Waals surface area contributed by atoms with Crippen LogP contribution in [0.4, 0.5) is 5.69 Å². The van der Waals surface area contributed by atoms with Gasteiger partial charge in [-0.15, -0.1) is 0 Å². The van der Waals surface area contributed by atoms with Crippen LogP contribution in [0.5, 0.6) is 5.75 Å². The number of fused-ring (bicyclic) bond motifs is 2. The lowest BCUT2D eigenvalue weighted by Crippen LogP contribution is -2.57. The minimum atomic E-state index is -0.288. The Labute approximate surface area is 162 Å². The van der Waals surface area contributed by atoms with Gasteiger partial charge in [-0.1, -0.05) is 29.8 Å². The molecule has 4 rings (SSSR count). The summed E-state index contributed by atoms with van der Waals surface area (Å²) in [4.78, 5) is 29.4. The van der Waals surface area contributed by atoms with E-state index in [-0.39, 0.29) is 45.9 Å². The third-order valence-corrected chi connectivity index (χ3v) is 5.80. The molecule has 7 heteroatoms. The largest absolute Gasteiger partial charge is 0.505 e. The van der Waals surface area contributed by atoms with Gasteiger partial charge in [0, 0.05) is 18.7 Å². The first-order chi connectivity index (χ1) is 13.0. The number of piperazine rings is 1. The van der Waals surface area contributed by atoms with Gasteiger partial charge in [-0.25, -0.2) is 0 Å². The van der Waals surface area contributed by atoms with Crippen LogP contribution in [0.1, 0.15) is 33.6 Å². The van der Waals surface area contributed by atoms with E-state index in [4.69, 9.17) is 17.3 Å². The number of nitrogens with two attached hydrogens (primary N) is 1. The number of phenols is 1. The number of anilines is 1. The highest BCUT2D eigenvalue weighted by Crippen LogP contribution is 2.37. The maximum Gasteiger partial charge on any atom is 0.258 e. The molecule has 3 N–H and O–H groups in total. The fourth-order valence-electron chi connectivity index (χ4n) is 4.06. The van der Waals surface area contributed by atoms with Crippen LogP contribution in [0.3, 0.4) is 0 Å². The fourth-order valence-corrected chi connectivity index (χ4v) is 4.22. The SMILES string of the molecule is Nc1ccc(C(=O)N2[C@@H]3CC[C@H]2CN(C(=O)c2ccccc2)C3)c(O)c1Cl. The average molecular weight is 386 g/mol. The van der Waals surface area contributed by atoms with Crippen LogP contribution in [-0.2, 0) is 0 Å². The maximum absolute atomic E-state index is 13.1. The molecule has 0 saturated carbocycles. The van der Waals surface area contributed by atoms with E-state index in [9.17, 15) is 14.7 Å². The maximum atomic E-state index is 13.1. The Morgan fingerprint density at radius 2 is 1.63 bits per heavy atom. The number of aromatic hydroxyl groups is 1. The van der Waals surface area contributed by atoms with Gasteiger partial charge in [0.05, 0.1) is 23.3 Å². The molecule has 2 aromatic carbocycles. The summed E-state index contributed by atoms with van der Waals surface area (Å²) < 4.78 is 0. The second-order valence-electron chi connectivity index (χ2n) is 7.04. The van der Waals surface area contributed by atoms with E-state index >= 15 is 0 Å². The molecule has 2 amide bonds. The molecule has 0 aromatic heterocycles. The topological polar surface area (TPSA) is 86.9 Å². The predicted octanol–water partition coefficient (Wildman–Crippen LogP) is 2.76. The van der Waals surface area contributed by atoms with E-state index in [2.05, 4.69) is 0 Å². The van der Waals surface area contributed by atoms with Crippen molar-refractivity contribution < 1.29 is 14.7 Å². The number of phenolic OH excluding ortho intramolecular Hbond substituents is 1. The molecule has 0 radical (unpaired) electrons. The van der Waals surface area contributed by atoms with Crippen LogP contribution in [0.15, 0.2) is 42.5 Å². The third kappa shape index (κ3) is 3.00. The van der Waals surface area contributed by atoms with E-state index < -0.39 is 0 Å². The summed E-state index contributed by atoms with van der Waals surface area (Å²) in [5.41, 5.74) is 6.71. The summed E-state index contributed by atoms with van der Waals surface area (Å²) in [6.45, 7) is 0.971. The number of carbonyl (C=O) groups excluding carboxylic acids is 2. The van der Waals surface area contributed by atoms with Crippen LogP contribution >= 0.6 is 11.6 Å². The molecule has 2 fully saturated rings. The normalized spacial score (nSPS) is 21.4. The zero-order valence-electron chi connectivity index (χ0n) is 14.6. The summed E-state index contributed by atoms with van der Waals surface area (Å²) in [7, 11) is 0. The van der Waals surface area contributed by atoms with E-state index in [1.807, 2.05) is 23.1 Å². The van der Waals surface area contributed by atoms with Gasteiger partial charge in [0.2, 0.25) is 0 Å². The lowest BCUT2D eigenvalue weighted by Gasteiger charge is -2.41. The summed E-state index contributed by atoms with van der Waals surface area (Å²) >= 11 is 5.99. The predicted molar refractivity (Wildman–Crippen MR) is 103 cm³/mol. The molecule has 6 nitrogen and oxygen atoms in total. The summed E-state index contributed by atoms with van der Waals surface area (Å²) in [6.07, 6.45) is 1.66. The molecule has 2 saturated heterocycles. The molecule has 0 spiro atoms. The molecule has 0 unspecified atom stereocenters. The number of hydrogen-bond acceptors (Lipinski definition) is 4. The molecule has 2 aliphatic heterocycles. The quantitative estimate of drug-likeness (QED) is 0.778. The lowest BCUT2D eigenvalue weighted by atomic mass is 10.1. The number of likely N-dealkylation sites (tertiary alicyclic amines) is 1. The second kappa shape index (κ2) is 6.78. The molecular formula is C20H20ClN3O3. The first-order valence-electron chi connectivity index (χ1n) is 8.91. The number of halogens is 1. The number of rotatable bonds is 2. The van der Waals surface area contributed by atoms with Gasteiger partial charge in [-0.3, -0.25) is 9.59 Å². The Balaban J connectivity index is 1.56. The van der Waals surface area contributed by atoms with Crippen LogP contribution in [0, 0.1) is 0 Å². The van der Waals surface area contributed by atoms with Crippen LogP contribution in [-0.4, -0.2) is 51.9 Å². The smallest absolute Gasteiger partial charge is 0.258 e. The van der Waals surface area contributed by atoms with Crippen molar-refractivity contribution in [3.63, 3.8) is 0 Å². The van der Waals surface area contributed by atoms with Crippen molar-refractivity contribution in [3.8, 4) is 5.75 Å². The highest BCUT2D eigenvalue weighted by atomic mass is 35.5. The lowest BCUT2D eigenvalue weighted by molar-refractivity contribution is 0.0358. The number of carbonyl (C=O) groups is 2. The molecule has 2 aromatic rings. The number of nitrogens with zero attached hydrogens (tertiary/aromatic N) is 2. The van der Waals surface area contributed by atoms with Crippen LogP contribution in [0.25, 0.3) is 0 Å². The fraction of sp³-hybridized carbons (Fsp3) is 0.300. The highest BCUT2D eigenvalue weighted by Gasteiger charge is 2.44. The van der Waals surface area contributed by atoms with Gasteiger partial charge < -0.3 is 20.6 Å². The Bertz CT molecular complexity index is 889. The van der Waals surface area contributed by atoms with Gasteiger partial charge in [0.1, 0.15) is 10.8 Å². The molecule has 27 heavy (non-hydrogen) atoms. The van der Waals surface area contributed by atoms with E-state index in [0.717, 1.165) is 12.8 Å². The number of hydrogen-bond donors (Lipinski definition) is 2. The summed E-state index contributed by atoms with van der Waals surface area (Å²) in [5, 5.41) is 10.2. The number of amides is 2. The van der Waals surface area contributed by atoms with Gasteiger partial charge in [0.15, 0.2) is 0 Å². The monoisotopic (exact) mass is 385 g/mol. The second-order valence-corrected chi connectivity index (χ2v) is 7.42. The van der Waals surface area contributed by atoms with E-state index in [1.165, 1.54) is 12.1 Å². The Hall–Kier alpha value is -2.73. The molecule has 140 valence electrons. The van der Waals surface area contributed by atoms with Crippen molar-refractivity contribution in [2.45, 2.75) is 24.9 Å². The van der Waals surface area contributed by atoms with Gasteiger partial charge in [-0.2, -0.15) is 0 Å². The minimum Gasteiger partial charge on any atom is -0.505 e. The first-order valence-corrected chi connectivity index (χ1v) is 9.29. The molecule has 2 heterocycles. The summed E-state index contributed by atoms with van der Waals surface area (Å²) in [5.74, 6) is -0.574. The van der Waals surface area contributed by atoms with Crippen LogP contribution in [0.2, 0.25) is 5.02 Å². The van der Waals surface area contributed by atoms with Crippen molar-refractivity contribution in [3.05, 3.63) is 58.6 Å². The Morgan fingerprint density at radius 1 is 1.00 bits per heavy atom. The standard InChI is InChI=1S/C20H20ClN3O3/c21-17-16(22)9-8-15(18(17)25)20(27)24-13-6-7-14(24)11-23(10-13)19(26)12-4-2-1-3-5-12/h1-5,8-9,13-14,25H,6-7,10-11,22H2/t13-,14+. The summed E-state index contributed by atoms with van der Waals surface area (Å²) in [6, 6.07) is 12.0. The highest BCUT2D eigenvalue weighted by molar-refractivity contribution is 6.35. The Morgan fingerprint density at radius 3 is 2.26 bits per heavy atom. The number of nitrogen functional groups attached to an aromatic ring is 1. The zero-order chi connectivity index (χ0) is 19.1. The Kier molecular flexibility index (Phi) is 4.44. The minimum absolute atomic E-state index is 0.00825. The van der Waals surface area contributed by atoms with E-state index in [1.54, 1.807) is 17.0 Å². The van der Waals surface area contributed by atoms with Crippen molar-refractivity contribution in [2.75, 3.05) is 18.8 Å². The molecular weight excluding hydrogens is 366 g/mol. The van der Waals surface area contributed by atoms with Gasteiger partial charge >= 0.3 is 0 Å². The first kappa shape index (κ1) is 17.7. The van der Waals surface area contributed by atoms with Gasteiger partial charge in [-0.05, 0) is 37.1 Å². The molecule has 2 atom stereocenters. The third-order valence-electron chi connectivity index (χ3n) is 5.40. The average Bonchev–Trinajstić information content (AvgIpc) is 2.95. The number of benzene rings is 2. The van der Waals surface area contributed by atoms with Crippen molar-refractivity contribution >= 4 is 29.1 Å². The zero-order valence-corrected chi connectivity index (χ0v) is 15.4. The molecule has 2 aliphatic rings. The van der Waals surface area contributed by atoms with E-state index in [0.29, 0.717) is 18.7 Å². The van der Waals surface area contributed by atoms with Crippen molar-refractivity contribution in [1.82, 2.24) is 9.80 Å². The van der Waals surface area contributed by atoms with Crippen molar-refractivity contribution in [2.24, 2.45) is 0 Å². The van der Waals surface area contributed by atoms with Gasteiger partial charge in [0.25, 0.3) is 11.8 Å². The van der Waals surface area contributed by atoms with Crippen LogP contribution < -0.4 is 5.73 Å².